The van der Waals surface area contributed by atoms with E-state index in [4.69, 9.17) is 4.52 Å². The third-order valence-corrected chi connectivity index (χ3v) is 5.45. The van der Waals surface area contributed by atoms with Gasteiger partial charge in [-0.25, -0.2) is 4.57 Å². The molecule has 0 spiro atoms. The van der Waals surface area contributed by atoms with Crippen LogP contribution in [-0.2, 0) is 17.4 Å². The average Bonchev–Trinajstić information content (AvgIpc) is 2.51. The first-order valence-corrected chi connectivity index (χ1v) is 9.76. The molecule has 2 aromatic carbocycles. The van der Waals surface area contributed by atoms with E-state index in [-0.39, 0.29) is 0 Å². The van der Waals surface area contributed by atoms with Crippen molar-refractivity contribution in [2.24, 2.45) is 0 Å². The van der Waals surface area contributed by atoms with E-state index in [1.165, 1.54) is 5.56 Å². The molecule has 0 radical (unpaired) electrons. The molecule has 0 saturated heterocycles. The first kappa shape index (κ1) is 17.8. The highest BCUT2D eigenvalue weighted by Crippen LogP contribution is 2.44. The Morgan fingerprint density at radius 3 is 2.35 bits per heavy atom. The molecule has 4 heteroatoms. The molecule has 0 amide bonds. The van der Waals surface area contributed by atoms with Crippen molar-refractivity contribution < 1.29 is 14.0 Å². The lowest BCUT2D eigenvalue weighted by atomic mass is 9.99. The summed E-state index contributed by atoms with van der Waals surface area (Å²) in [6, 6.07) is 12.9. The van der Waals surface area contributed by atoms with Gasteiger partial charge in [0.05, 0.1) is 5.30 Å². The Hall–Kier alpha value is -1.57. The zero-order valence-corrected chi connectivity index (χ0v) is 15.0. The molecular weight excluding hydrogens is 307 g/mol. The van der Waals surface area contributed by atoms with Crippen molar-refractivity contribution in [2.75, 3.05) is 0 Å². The van der Waals surface area contributed by atoms with Gasteiger partial charge in [-0.05, 0) is 48.6 Å². The zero-order valence-electron chi connectivity index (χ0n) is 14.1. The Morgan fingerprint density at radius 1 is 1.00 bits per heavy atom. The van der Waals surface area contributed by atoms with Gasteiger partial charge in [-0.3, -0.25) is 0 Å². The summed E-state index contributed by atoms with van der Waals surface area (Å²) in [5.74, 6) is 0.534. The van der Waals surface area contributed by atoms with Crippen molar-refractivity contribution >= 4 is 12.9 Å². The van der Waals surface area contributed by atoms with Crippen LogP contribution in [0.4, 0.5) is 0 Å². The summed E-state index contributed by atoms with van der Waals surface area (Å²) >= 11 is 0. The monoisotopic (exact) mass is 332 g/mol. The van der Waals surface area contributed by atoms with Crippen molar-refractivity contribution in [2.45, 2.75) is 46.5 Å². The van der Waals surface area contributed by atoms with Crippen LogP contribution in [0.3, 0.4) is 0 Å². The normalized spacial score (nSPS) is 13.6. The smallest absolute Gasteiger partial charge is 0.408 e. The molecule has 1 unspecified atom stereocenters. The lowest BCUT2D eigenvalue weighted by molar-refractivity contribution is 0.391. The van der Waals surface area contributed by atoms with Gasteiger partial charge >= 0.3 is 7.60 Å². The fourth-order valence-corrected chi connectivity index (χ4v) is 4.13. The van der Waals surface area contributed by atoms with Crippen molar-refractivity contribution in [3.05, 3.63) is 59.2 Å². The Balaban J connectivity index is 2.41. The van der Waals surface area contributed by atoms with Crippen LogP contribution in [0.1, 0.15) is 43.4 Å². The number of benzene rings is 2. The van der Waals surface area contributed by atoms with E-state index < -0.39 is 7.60 Å². The molecular formula is C19H25O3P. The first-order valence-electron chi connectivity index (χ1n) is 8.19. The topological polar surface area (TPSA) is 46.5 Å². The van der Waals surface area contributed by atoms with E-state index in [2.05, 4.69) is 19.9 Å². The summed E-state index contributed by atoms with van der Waals surface area (Å²) in [4.78, 5) is 10.5. The Kier molecular flexibility index (Phi) is 6.04. The van der Waals surface area contributed by atoms with E-state index in [0.717, 1.165) is 36.8 Å². The minimum absolute atomic E-state index is 0.364. The predicted octanol–water partition coefficient (Wildman–Crippen LogP) is 4.79. The van der Waals surface area contributed by atoms with Crippen molar-refractivity contribution in [3.8, 4) is 5.75 Å². The lowest BCUT2D eigenvalue weighted by Crippen LogP contribution is -2.13. The molecule has 3 nitrogen and oxygen atoms in total. The van der Waals surface area contributed by atoms with E-state index >= 15 is 0 Å². The minimum Gasteiger partial charge on any atom is -0.421 e. The summed E-state index contributed by atoms with van der Waals surface area (Å²) < 4.78 is 18.4. The lowest BCUT2D eigenvalue weighted by Gasteiger charge is -2.19. The second-order valence-corrected chi connectivity index (χ2v) is 7.50. The molecule has 1 N–H and O–H groups in total. The summed E-state index contributed by atoms with van der Waals surface area (Å²) in [6.45, 7) is 6.06. The molecule has 0 fully saturated rings. The Morgan fingerprint density at radius 2 is 1.70 bits per heavy atom. The van der Waals surface area contributed by atoms with Crippen LogP contribution in [0.15, 0.2) is 42.5 Å². The Bertz CT molecular complexity index is 710. The van der Waals surface area contributed by atoms with Crippen LogP contribution >= 0.6 is 7.60 Å². The minimum atomic E-state index is -3.89. The number of aryl methyl sites for hydroxylation is 2. The maximum Gasteiger partial charge on any atom is 0.408 e. The van der Waals surface area contributed by atoms with Gasteiger partial charge < -0.3 is 9.42 Å². The number of rotatable bonds is 7. The second kappa shape index (κ2) is 7.81. The van der Waals surface area contributed by atoms with Gasteiger partial charge in [0.1, 0.15) is 5.75 Å². The molecule has 0 aliphatic rings. The number of hydrogen-bond donors (Lipinski definition) is 1. The van der Waals surface area contributed by atoms with Crippen LogP contribution in [-0.4, -0.2) is 4.89 Å². The molecule has 1 atom stereocenters. The van der Waals surface area contributed by atoms with Gasteiger partial charge in [0.15, 0.2) is 0 Å². The van der Waals surface area contributed by atoms with Crippen LogP contribution in [0.5, 0.6) is 5.75 Å². The quantitative estimate of drug-likeness (QED) is 0.742. The van der Waals surface area contributed by atoms with Crippen molar-refractivity contribution in [1.29, 1.82) is 0 Å². The molecule has 0 aromatic heterocycles. The highest BCUT2D eigenvalue weighted by molar-refractivity contribution is 7.61. The number of hydrogen-bond acceptors (Lipinski definition) is 2. The SMILES string of the molecule is CCCc1cccc(OP(=O)(O)c2ccccc2C)c1CCC. The highest BCUT2D eigenvalue weighted by Gasteiger charge is 2.27. The fraction of sp³-hybridized carbons (Fsp3) is 0.368. The van der Waals surface area contributed by atoms with E-state index in [9.17, 15) is 9.46 Å². The van der Waals surface area contributed by atoms with Gasteiger partial charge in [0.2, 0.25) is 0 Å². The highest BCUT2D eigenvalue weighted by atomic mass is 31.2. The molecule has 0 bridgehead atoms. The van der Waals surface area contributed by atoms with Gasteiger partial charge in [-0.2, -0.15) is 0 Å². The van der Waals surface area contributed by atoms with Crippen LogP contribution in [0, 0.1) is 6.92 Å². The average molecular weight is 332 g/mol. The summed E-state index contributed by atoms with van der Waals surface area (Å²) in [5.41, 5.74) is 3.02. The molecule has 0 aliphatic carbocycles. The zero-order chi connectivity index (χ0) is 16.9. The van der Waals surface area contributed by atoms with Gasteiger partial charge in [-0.1, -0.05) is 57.0 Å². The largest absolute Gasteiger partial charge is 0.421 e. The summed E-state index contributed by atoms with van der Waals surface area (Å²) in [7, 11) is -3.89. The molecule has 0 aliphatic heterocycles. The molecule has 2 rings (SSSR count). The molecule has 23 heavy (non-hydrogen) atoms. The second-order valence-electron chi connectivity index (χ2n) is 5.79. The standard InChI is InChI=1S/C19H25O3P/c1-4-9-16-12-8-13-18(17(16)10-5-2)22-23(20,21)19-14-7-6-11-15(19)3/h6-8,11-14H,4-5,9-10H2,1-3H3,(H,20,21). The first-order chi connectivity index (χ1) is 11.0. The van der Waals surface area contributed by atoms with Crippen molar-refractivity contribution in [1.82, 2.24) is 0 Å². The molecule has 0 heterocycles. The Labute approximate surface area is 138 Å². The van der Waals surface area contributed by atoms with E-state index in [0.29, 0.717) is 11.1 Å². The van der Waals surface area contributed by atoms with E-state index in [1.54, 1.807) is 18.2 Å². The molecule has 0 saturated carbocycles. The predicted molar refractivity (Wildman–Crippen MR) is 95.7 cm³/mol. The van der Waals surface area contributed by atoms with E-state index in [1.807, 2.05) is 25.1 Å². The van der Waals surface area contributed by atoms with Gasteiger partial charge in [0.25, 0.3) is 0 Å². The van der Waals surface area contributed by atoms with Crippen LogP contribution < -0.4 is 9.83 Å². The van der Waals surface area contributed by atoms with Crippen molar-refractivity contribution in [3.63, 3.8) is 0 Å². The molecule has 2 aromatic rings. The van der Waals surface area contributed by atoms with Gasteiger partial charge in [0, 0.05) is 0 Å². The molecule has 124 valence electrons. The maximum atomic E-state index is 12.8. The third kappa shape index (κ3) is 4.25. The summed E-state index contributed by atoms with van der Waals surface area (Å²) in [5, 5.41) is 0.364. The third-order valence-electron chi connectivity index (χ3n) is 3.89. The van der Waals surface area contributed by atoms with Crippen LogP contribution in [0.25, 0.3) is 0 Å². The van der Waals surface area contributed by atoms with Gasteiger partial charge in [-0.15, -0.1) is 0 Å². The fourth-order valence-electron chi connectivity index (χ4n) is 2.80. The van der Waals surface area contributed by atoms with Crippen LogP contribution in [0.2, 0.25) is 0 Å². The summed E-state index contributed by atoms with van der Waals surface area (Å²) in [6.07, 6.45) is 3.80. The maximum absolute atomic E-state index is 12.8.